The van der Waals surface area contributed by atoms with Crippen LogP contribution in [0.15, 0.2) is 69.6 Å². The summed E-state index contributed by atoms with van der Waals surface area (Å²) in [6.45, 7) is 5.94. The van der Waals surface area contributed by atoms with Crippen molar-refractivity contribution in [3.8, 4) is 5.75 Å². The molecule has 4 amide bonds. The fourth-order valence-electron chi connectivity index (χ4n) is 7.59. The lowest BCUT2D eigenvalue weighted by Gasteiger charge is -2.38. The first-order valence-corrected chi connectivity index (χ1v) is 19.0. The Morgan fingerprint density at radius 2 is 1.67 bits per heavy atom. The van der Waals surface area contributed by atoms with E-state index in [1.165, 1.54) is 12.8 Å². The molecule has 0 radical (unpaired) electrons. The zero-order chi connectivity index (χ0) is 33.9. The van der Waals surface area contributed by atoms with Crippen molar-refractivity contribution in [3.05, 3.63) is 86.6 Å². The highest BCUT2D eigenvalue weighted by atomic mass is 79.9. The van der Waals surface area contributed by atoms with Gasteiger partial charge in [0.15, 0.2) is 0 Å². The Hall–Kier alpha value is -3.61. The highest BCUT2D eigenvalue weighted by molar-refractivity contribution is 9.11. The second kappa shape index (κ2) is 15.1. The number of carbonyl (C=O) groups excluding carboxylic acids is 2. The van der Waals surface area contributed by atoms with E-state index in [1.807, 2.05) is 58.3 Å². The molecule has 1 atom stereocenters. The number of phenolic OH excluding ortho intramolecular Hbond substituents is 1. The molecule has 0 spiro atoms. The number of urea groups is 2. The summed E-state index contributed by atoms with van der Waals surface area (Å²) >= 11 is 6.98. The number of likely N-dealkylation sites (tertiary alicyclic amines) is 2. The van der Waals surface area contributed by atoms with Crippen molar-refractivity contribution in [2.45, 2.75) is 63.6 Å². The Morgan fingerprint density at radius 1 is 0.959 bits per heavy atom. The highest BCUT2D eigenvalue weighted by Gasteiger charge is 2.33. The number of nitrogens with zero attached hydrogens (tertiary/aromatic N) is 5. The molecule has 12 heteroatoms. The molecule has 2 fully saturated rings. The molecule has 2 saturated heterocycles. The van der Waals surface area contributed by atoms with Gasteiger partial charge in [-0.2, -0.15) is 0 Å². The number of fused-ring (bicyclic) bond motifs is 2. The number of aryl methyl sites for hydroxylation is 1. The van der Waals surface area contributed by atoms with Crippen molar-refractivity contribution < 1.29 is 14.7 Å². The Morgan fingerprint density at radius 3 is 2.45 bits per heavy atom. The number of hydrogen-bond acceptors (Lipinski definition) is 5. The fraction of sp³-hybridized carbons (Fsp3) is 0.432. The van der Waals surface area contributed by atoms with Gasteiger partial charge in [0, 0.05) is 44.3 Å². The topological polar surface area (TPSA) is 106 Å². The van der Waals surface area contributed by atoms with Crippen molar-refractivity contribution in [1.82, 2.24) is 29.6 Å². The number of benzene rings is 3. The zero-order valence-electron chi connectivity index (χ0n) is 27.6. The van der Waals surface area contributed by atoms with Gasteiger partial charge in [-0.15, -0.1) is 0 Å². The molecule has 3 aliphatic heterocycles. The minimum atomic E-state index is -0.414. The molecular weight excluding hydrogens is 750 g/mol. The fourth-order valence-corrected chi connectivity index (χ4v) is 8.87. The molecule has 4 aromatic rings. The van der Waals surface area contributed by atoms with Crippen LogP contribution in [-0.2, 0) is 19.4 Å². The molecule has 0 aliphatic carbocycles. The zero-order valence-corrected chi connectivity index (χ0v) is 30.8. The Bertz CT molecular complexity index is 1790. The van der Waals surface area contributed by atoms with Gasteiger partial charge in [-0.05, 0) is 131 Å². The summed E-state index contributed by atoms with van der Waals surface area (Å²) in [6.07, 6.45) is 6.25. The number of rotatable bonds is 9. The van der Waals surface area contributed by atoms with Crippen LogP contribution in [0.4, 0.5) is 15.3 Å². The van der Waals surface area contributed by atoms with Crippen LogP contribution >= 0.6 is 31.9 Å². The van der Waals surface area contributed by atoms with Crippen LogP contribution in [0.25, 0.3) is 11.0 Å². The van der Waals surface area contributed by atoms with Crippen molar-refractivity contribution in [3.63, 3.8) is 0 Å². The van der Waals surface area contributed by atoms with E-state index in [0.717, 1.165) is 72.7 Å². The normalized spacial score (nSPS) is 18.0. The van der Waals surface area contributed by atoms with E-state index in [0.29, 0.717) is 47.8 Å². The van der Waals surface area contributed by atoms with Crippen LogP contribution in [0.5, 0.6) is 5.75 Å². The molecule has 0 bridgehead atoms. The third-order valence-electron chi connectivity index (χ3n) is 10.2. The molecule has 10 nitrogen and oxygen atoms in total. The summed E-state index contributed by atoms with van der Waals surface area (Å²) in [5.41, 5.74) is 4.95. The second-order valence-corrected chi connectivity index (χ2v) is 15.1. The third kappa shape index (κ3) is 7.61. The molecule has 3 aromatic carbocycles. The number of imidazole rings is 1. The first kappa shape index (κ1) is 33.9. The Labute approximate surface area is 304 Å². The summed E-state index contributed by atoms with van der Waals surface area (Å²) in [4.78, 5) is 38.7. The first-order valence-electron chi connectivity index (χ1n) is 17.4. The van der Waals surface area contributed by atoms with Crippen molar-refractivity contribution >= 4 is 60.6 Å². The molecule has 4 heterocycles. The van der Waals surface area contributed by atoms with Crippen LogP contribution in [0, 0.1) is 0 Å². The number of amides is 4. The van der Waals surface area contributed by atoms with Crippen LogP contribution in [0.2, 0.25) is 0 Å². The number of aromatic nitrogens is 2. The average molecular weight is 794 g/mol. The molecule has 7 rings (SSSR count). The molecule has 0 saturated carbocycles. The predicted octanol–water partition coefficient (Wildman–Crippen LogP) is 7.30. The van der Waals surface area contributed by atoms with Gasteiger partial charge < -0.3 is 35.0 Å². The number of hydrogen-bond donors (Lipinski definition) is 3. The summed E-state index contributed by atoms with van der Waals surface area (Å²) < 4.78 is 3.45. The smallest absolute Gasteiger partial charge is 0.322 e. The second-order valence-electron chi connectivity index (χ2n) is 13.4. The molecule has 258 valence electrons. The standard InChI is InChI=1S/C37H43Br2N7O3/c38-28-22-25(23-29(39)34(28)47)24-32(35-40-31-10-3-4-11-33(31)46(35)18-7-17-43-15-5-6-16-43)42-36(48)44-19-13-27(14-20-44)45-21-12-26-8-1-2-9-30(26)41-37(45)49/h1-4,8-11,22-23,27,32,47H,5-7,12-21,24H2,(H,41,49)(H,42,48)/t32-/m1/s1. The van der Waals surface area contributed by atoms with Gasteiger partial charge >= 0.3 is 12.1 Å². The lowest BCUT2D eigenvalue weighted by molar-refractivity contribution is 0.133. The van der Waals surface area contributed by atoms with E-state index >= 15 is 0 Å². The van der Waals surface area contributed by atoms with E-state index in [2.05, 4.69) is 64.1 Å². The number of piperidine rings is 1. The number of nitrogens with one attached hydrogen (secondary N) is 2. The maximum atomic E-state index is 14.0. The Balaban J connectivity index is 1.09. The van der Waals surface area contributed by atoms with Gasteiger partial charge in [0.1, 0.15) is 11.6 Å². The van der Waals surface area contributed by atoms with E-state index in [4.69, 9.17) is 4.98 Å². The lowest BCUT2D eigenvalue weighted by atomic mass is 10.0. The van der Waals surface area contributed by atoms with Gasteiger partial charge in [-0.25, -0.2) is 14.6 Å². The summed E-state index contributed by atoms with van der Waals surface area (Å²) in [7, 11) is 0. The van der Waals surface area contributed by atoms with Crippen molar-refractivity contribution in [2.24, 2.45) is 0 Å². The average Bonchev–Trinajstić information content (AvgIpc) is 3.72. The van der Waals surface area contributed by atoms with Crippen LogP contribution in [-0.4, -0.2) is 86.7 Å². The van der Waals surface area contributed by atoms with E-state index < -0.39 is 6.04 Å². The van der Waals surface area contributed by atoms with Gasteiger partial charge in [0.05, 0.1) is 26.0 Å². The summed E-state index contributed by atoms with van der Waals surface area (Å²) in [5, 5.41) is 16.9. The minimum absolute atomic E-state index is 0.0669. The van der Waals surface area contributed by atoms with Gasteiger partial charge in [0.25, 0.3) is 0 Å². The number of halogens is 2. The van der Waals surface area contributed by atoms with E-state index in [-0.39, 0.29) is 23.9 Å². The molecule has 49 heavy (non-hydrogen) atoms. The maximum Gasteiger partial charge on any atom is 0.322 e. The monoisotopic (exact) mass is 791 g/mol. The SMILES string of the molecule is O=C(N[C@H](Cc1cc(Br)c(O)c(Br)c1)c1nc2ccccc2n1CCCN1CCCC1)N1CCC(N2CCc3ccccc3NC2=O)CC1. The number of phenols is 1. The largest absolute Gasteiger partial charge is 0.506 e. The predicted molar refractivity (Wildman–Crippen MR) is 199 cm³/mol. The lowest BCUT2D eigenvalue weighted by Crippen LogP contribution is -2.52. The number of para-hydroxylation sites is 3. The van der Waals surface area contributed by atoms with Gasteiger partial charge in [-0.1, -0.05) is 30.3 Å². The number of aromatic hydroxyl groups is 1. The third-order valence-corrected chi connectivity index (χ3v) is 11.4. The van der Waals surface area contributed by atoms with Crippen molar-refractivity contribution in [1.29, 1.82) is 0 Å². The summed E-state index contributed by atoms with van der Waals surface area (Å²) in [6, 6.07) is 19.4. The van der Waals surface area contributed by atoms with Gasteiger partial charge in [-0.3, -0.25) is 0 Å². The van der Waals surface area contributed by atoms with Crippen LogP contribution < -0.4 is 10.6 Å². The molecule has 3 aliphatic rings. The maximum absolute atomic E-state index is 14.0. The number of carbonyl (C=O) groups is 2. The molecule has 3 N–H and O–H groups in total. The van der Waals surface area contributed by atoms with Gasteiger partial charge in [0.2, 0.25) is 0 Å². The molecule has 1 aromatic heterocycles. The Kier molecular flexibility index (Phi) is 10.4. The molecule has 0 unspecified atom stereocenters. The quantitative estimate of drug-likeness (QED) is 0.165. The first-order chi connectivity index (χ1) is 23.8. The minimum Gasteiger partial charge on any atom is -0.506 e. The highest BCUT2D eigenvalue weighted by Crippen LogP contribution is 2.35. The molecular formula is C37H43Br2N7O3. The van der Waals surface area contributed by atoms with E-state index in [1.54, 1.807) is 0 Å². The summed E-state index contributed by atoms with van der Waals surface area (Å²) in [5.74, 6) is 0.968. The van der Waals surface area contributed by atoms with Crippen molar-refractivity contribution in [2.75, 3.05) is 44.6 Å². The number of anilines is 1. The van der Waals surface area contributed by atoms with E-state index in [9.17, 15) is 14.7 Å². The van der Waals surface area contributed by atoms with Crippen LogP contribution in [0.1, 0.15) is 55.1 Å². The van der Waals surface area contributed by atoms with Crippen LogP contribution in [0.3, 0.4) is 0 Å².